The Morgan fingerprint density at radius 3 is 2.54 bits per heavy atom. The van der Waals surface area contributed by atoms with Crippen LogP contribution >= 0.6 is 0 Å². The fourth-order valence-corrected chi connectivity index (χ4v) is 3.46. The van der Waals surface area contributed by atoms with Crippen LogP contribution in [-0.2, 0) is 9.59 Å². The van der Waals surface area contributed by atoms with Crippen LogP contribution in [-0.4, -0.2) is 30.5 Å². The first-order valence-corrected chi connectivity index (χ1v) is 8.32. The summed E-state index contributed by atoms with van der Waals surface area (Å²) in [6.45, 7) is 12.7. The van der Waals surface area contributed by atoms with Crippen molar-refractivity contribution in [3.05, 3.63) is 23.8 Å². The van der Waals surface area contributed by atoms with E-state index in [2.05, 4.69) is 26.1 Å². The summed E-state index contributed by atoms with van der Waals surface area (Å²) in [5.41, 5.74) is 1.67. The fraction of sp³-hybridized carbons (Fsp3) is 0.579. The predicted octanol–water partition coefficient (Wildman–Crippen LogP) is 3.05. The summed E-state index contributed by atoms with van der Waals surface area (Å²) in [4.78, 5) is 26.1. The monoisotopic (exact) mass is 332 g/mol. The molecule has 0 bridgehead atoms. The maximum Gasteiger partial charge on any atom is 0.331 e. The van der Waals surface area contributed by atoms with Crippen molar-refractivity contribution in [3.8, 4) is 5.75 Å². The molecule has 5 nitrogen and oxygen atoms in total. The number of amides is 1. The van der Waals surface area contributed by atoms with Crippen molar-refractivity contribution in [2.45, 2.75) is 53.5 Å². The van der Waals surface area contributed by atoms with Crippen molar-refractivity contribution < 1.29 is 14.3 Å². The summed E-state index contributed by atoms with van der Waals surface area (Å²) in [7, 11) is 0. The van der Waals surface area contributed by atoms with Crippen LogP contribution in [0, 0.1) is 12.3 Å². The van der Waals surface area contributed by atoms with Crippen LogP contribution in [0.4, 0.5) is 5.69 Å². The summed E-state index contributed by atoms with van der Waals surface area (Å²) < 4.78 is 5.25. The van der Waals surface area contributed by atoms with Crippen LogP contribution < -0.4 is 15.0 Å². The normalized spacial score (nSPS) is 14.9. The Morgan fingerprint density at radius 2 is 1.92 bits per heavy atom. The highest BCUT2D eigenvalue weighted by Gasteiger charge is 2.30. The minimum Gasteiger partial charge on any atom is -0.423 e. The number of rotatable bonds is 4. The Kier molecular flexibility index (Phi) is 4.92. The molecule has 1 amide bonds. The summed E-state index contributed by atoms with van der Waals surface area (Å²) in [5, 5.41) is 3.09. The molecule has 5 heteroatoms. The number of carbonyl (C=O) groups is 2. The molecule has 1 heterocycles. The fourth-order valence-electron chi connectivity index (χ4n) is 3.46. The van der Waals surface area contributed by atoms with E-state index in [9.17, 15) is 9.59 Å². The average Bonchev–Trinajstić information content (AvgIpc) is 2.35. The Hall–Kier alpha value is -2.04. The number of fused-ring (bicyclic) bond motifs is 1. The van der Waals surface area contributed by atoms with E-state index in [0.29, 0.717) is 5.75 Å². The van der Waals surface area contributed by atoms with Gasteiger partial charge in [-0.2, -0.15) is 0 Å². The summed E-state index contributed by atoms with van der Waals surface area (Å²) in [6.07, 6.45) is 0.865. The lowest BCUT2D eigenvalue weighted by molar-refractivity contribution is -0.133. The number of ether oxygens (including phenoxy) is 1. The maximum absolute atomic E-state index is 12.5. The van der Waals surface area contributed by atoms with Gasteiger partial charge in [0.1, 0.15) is 6.54 Å². The number of hydrogen-bond donors (Lipinski definition) is 1. The molecule has 0 aliphatic carbocycles. The Balaban J connectivity index is 2.10. The van der Waals surface area contributed by atoms with E-state index in [1.807, 2.05) is 32.9 Å². The number of esters is 1. The second-order valence-corrected chi connectivity index (χ2v) is 8.47. The zero-order valence-electron chi connectivity index (χ0n) is 15.5. The van der Waals surface area contributed by atoms with Crippen molar-refractivity contribution in [1.82, 2.24) is 5.32 Å². The van der Waals surface area contributed by atoms with Crippen molar-refractivity contribution in [3.63, 3.8) is 0 Å². The number of carbonyl (C=O) groups excluding carboxylic acids is 2. The number of nitrogens with one attached hydrogen (secondary N) is 1. The maximum atomic E-state index is 12.5. The smallest absolute Gasteiger partial charge is 0.331 e. The second kappa shape index (κ2) is 6.46. The molecule has 0 unspecified atom stereocenters. The SMILES string of the molecule is Cc1ccc2c(c1)N(CC(=O)NC(C)(C)CC(C)(C)C)CC(=O)O2. The van der Waals surface area contributed by atoms with Crippen molar-refractivity contribution in [2.24, 2.45) is 5.41 Å². The van der Waals surface area contributed by atoms with Gasteiger partial charge in [-0.15, -0.1) is 0 Å². The molecule has 132 valence electrons. The number of hydrogen-bond acceptors (Lipinski definition) is 4. The summed E-state index contributed by atoms with van der Waals surface area (Å²) >= 11 is 0. The standard InChI is InChI=1S/C19H28N2O3/c1-13-7-8-15-14(9-13)21(11-17(23)24-15)10-16(22)20-19(5,6)12-18(2,3)4/h7-9H,10-12H2,1-6H3,(H,20,22). The molecule has 24 heavy (non-hydrogen) atoms. The van der Waals surface area contributed by atoms with Crippen LogP contribution in [0.1, 0.15) is 46.6 Å². The average molecular weight is 332 g/mol. The Labute approximate surface area is 144 Å². The van der Waals surface area contributed by atoms with E-state index in [0.717, 1.165) is 17.7 Å². The quantitative estimate of drug-likeness (QED) is 0.680. The molecule has 0 saturated heterocycles. The molecular weight excluding hydrogens is 304 g/mol. The van der Waals surface area contributed by atoms with Gasteiger partial charge in [-0.25, -0.2) is 4.79 Å². The van der Waals surface area contributed by atoms with E-state index in [1.54, 1.807) is 11.0 Å². The largest absolute Gasteiger partial charge is 0.423 e. The van der Waals surface area contributed by atoms with Crippen molar-refractivity contribution >= 4 is 17.6 Å². The molecule has 0 fully saturated rings. The molecule has 1 aromatic rings. The van der Waals surface area contributed by atoms with Crippen LogP contribution in [0.3, 0.4) is 0 Å². The lowest BCUT2D eigenvalue weighted by atomic mass is 9.82. The highest BCUT2D eigenvalue weighted by Crippen LogP contribution is 2.32. The van der Waals surface area contributed by atoms with E-state index in [-0.39, 0.29) is 35.9 Å². The third-order valence-corrected chi connectivity index (χ3v) is 3.78. The van der Waals surface area contributed by atoms with Crippen LogP contribution in [0.5, 0.6) is 5.75 Å². The summed E-state index contributed by atoms with van der Waals surface area (Å²) in [6, 6.07) is 5.60. The lowest BCUT2D eigenvalue weighted by Crippen LogP contribution is -2.51. The first-order valence-electron chi connectivity index (χ1n) is 8.32. The third-order valence-electron chi connectivity index (χ3n) is 3.78. The van der Waals surface area contributed by atoms with Crippen LogP contribution in [0.25, 0.3) is 0 Å². The summed E-state index contributed by atoms with van der Waals surface area (Å²) in [5.74, 6) is 0.0816. The minimum atomic E-state index is -0.340. The topological polar surface area (TPSA) is 58.6 Å². The first-order chi connectivity index (χ1) is 11.0. The van der Waals surface area contributed by atoms with Gasteiger partial charge in [0.15, 0.2) is 5.75 Å². The van der Waals surface area contributed by atoms with E-state index in [4.69, 9.17) is 4.74 Å². The number of benzene rings is 1. The highest BCUT2D eigenvalue weighted by atomic mass is 16.5. The highest BCUT2D eigenvalue weighted by molar-refractivity contribution is 5.89. The molecule has 0 spiro atoms. The first kappa shape index (κ1) is 18.3. The zero-order chi connectivity index (χ0) is 18.1. The lowest BCUT2D eigenvalue weighted by Gasteiger charge is -2.35. The third kappa shape index (κ3) is 4.98. The second-order valence-electron chi connectivity index (χ2n) is 8.47. The van der Waals surface area contributed by atoms with Crippen LogP contribution in [0.2, 0.25) is 0 Å². The molecule has 1 aliphatic rings. The molecular formula is C19H28N2O3. The van der Waals surface area contributed by atoms with Gasteiger partial charge in [-0.3, -0.25) is 4.79 Å². The van der Waals surface area contributed by atoms with E-state index >= 15 is 0 Å². The molecule has 0 radical (unpaired) electrons. The number of aryl methyl sites for hydroxylation is 1. The van der Waals surface area contributed by atoms with Gasteiger partial charge in [0.25, 0.3) is 0 Å². The van der Waals surface area contributed by atoms with Gasteiger partial charge in [-0.1, -0.05) is 26.8 Å². The van der Waals surface area contributed by atoms with Gasteiger partial charge in [0.2, 0.25) is 5.91 Å². The Bertz CT molecular complexity index is 645. The van der Waals surface area contributed by atoms with Gasteiger partial charge >= 0.3 is 5.97 Å². The van der Waals surface area contributed by atoms with Crippen molar-refractivity contribution in [2.75, 3.05) is 18.0 Å². The molecule has 0 atom stereocenters. The van der Waals surface area contributed by atoms with Crippen LogP contribution in [0.15, 0.2) is 18.2 Å². The van der Waals surface area contributed by atoms with Gasteiger partial charge < -0.3 is 15.0 Å². The minimum absolute atomic E-state index is 0.0869. The molecule has 2 rings (SSSR count). The van der Waals surface area contributed by atoms with E-state index in [1.165, 1.54) is 0 Å². The molecule has 1 aromatic carbocycles. The van der Waals surface area contributed by atoms with Gasteiger partial charge in [0, 0.05) is 5.54 Å². The zero-order valence-corrected chi connectivity index (χ0v) is 15.5. The predicted molar refractivity (Wildman–Crippen MR) is 95.3 cm³/mol. The van der Waals surface area contributed by atoms with Crippen molar-refractivity contribution in [1.29, 1.82) is 0 Å². The van der Waals surface area contributed by atoms with E-state index < -0.39 is 0 Å². The number of anilines is 1. The Morgan fingerprint density at radius 1 is 1.25 bits per heavy atom. The molecule has 1 N–H and O–H groups in total. The van der Waals surface area contributed by atoms with Gasteiger partial charge in [0.05, 0.1) is 12.2 Å². The van der Waals surface area contributed by atoms with Gasteiger partial charge in [-0.05, 0) is 50.3 Å². The number of nitrogens with zero attached hydrogens (tertiary/aromatic N) is 1. The molecule has 0 aromatic heterocycles. The molecule has 0 saturated carbocycles. The molecule has 1 aliphatic heterocycles.